The van der Waals surface area contributed by atoms with Crippen molar-refractivity contribution in [1.29, 1.82) is 0 Å². The molecule has 1 atom stereocenters. The Labute approximate surface area is 179 Å². The van der Waals surface area contributed by atoms with Crippen LogP contribution in [0.5, 0.6) is 11.5 Å². The lowest BCUT2D eigenvalue weighted by Crippen LogP contribution is -2.42. The lowest BCUT2D eigenvalue weighted by atomic mass is 10.0. The number of methoxy groups -OCH3 is 1. The van der Waals surface area contributed by atoms with E-state index < -0.39 is 12.1 Å². The van der Waals surface area contributed by atoms with Gasteiger partial charge in [-0.3, -0.25) is 4.79 Å². The molecule has 1 N–H and O–H groups in total. The van der Waals surface area contributed by atoms with Crippen LogP contribution in [-0.4, -0.2) is 30.7 Å². The van der Waals surface area contributed by atoms with E-state index in [1.807, 2.05) is 54.6 Å². The lowest BCUT2D eigenvalue weighted by molar-refractivity contribution is 0.0598. The highest BCUT2D eigenvalue weighted by Crippen LogP contribution is 2.37. The van der Waals surface area contributed by atoms with Crippen molar-refractivity contribution in [3.63, 3.8) is 0 Å². The summed E-state index contributed by atoms with van der Waals surface area (Å²) in [6.45, 7) is 0.575. The third kappa shape index (κ3) is 3.44. The van der Waals surface area contributed by atoms with E-state index in [4.69, 9.17) is 14.2 Å². The molecule has 2 heterocycles. The van der Waals surface area contributed by atoms with Crippen LogP contribution < -0.4 is 14.8 Å². The minimum Gasteiger partial charge on any atom is -0.465 e. The Kier molecular flexibility index (Phi) is 4.71. The van der Waals surface area contributed by atoms with Crippen molar-refractivity contribution in [2.45, 2.75) is 12.7 Å². The largest absolute Gasteiger partial charge is 0.465 e. The monoisotopic (exact) mass is 416 g/mol. The first-order chi connectivity index (χ1) is 15.1. The summed E-state index contributed by atoms with van der Waals surface area (Å²) < 4.78 is 15.7. The Hall–Kier alpha value is -4.00. The van der Waals surface area contributed by atoms with E-state index in [1.165, 1.54) is 7.11 Å². The number of nitrogens with zero attached hydrogens (tertiary/aromatic N) is 1. The Bertz CT molecular complexity index is 1160. The molecule has 0 fully saturated rings. The van der Waals surface area contributed by atoms with Gasteiger partial charge in [-0.2, -0.15) is 0 Å². The summed E-state index contributed by atoms with van der Waals surface area (Å²) >= 11 is 0. The fourth-order valence-corrected chi connectivity index (χ4v) is 3.87. The summed E-state index contributed by atoms with van der Waals surface area (Å²) in [5.74, 6) is 0.900. The second-order valence-electron chi connectivity index (χ2n) is 7.33. The molecule has 2 aliphatic rings. The number of nitrogens with one attached hydrogen (secondary N) is 1. The standard InChI is InChI=1S/C24H20N2O5/c1-29-24(28)17-9-7-16(8-10-17)22-25-19-5-3-2-4-18(19)23(27)26(22)13-15-6-11-20-21(12-15)31-14-30-20/h2-12,22,25H,13-14H2,1H3/t22-/m1/s1. The zero-order valence-electron chi connectivity index (χ0n) is 16.8. The topological polar surface area (TPSA) is 77.1 Å². The van der Waals surface area contributed by atoms with Crippen molar-refractivity contribution in [1.82, 2.24) is 4.90 Å². The second-order valence-corrected chi connectivity index (χ2v) is 7.33. The predicted octanol–water partition coefficient (Wildman–Crippen LogP) is 3.97. The maximum Gasteiger partial charge on any atom is 0.337 e. The molecule has 156 valence electrons. The first-order valence-electron chi connectivity index (χ1n) is 9.87. The van der Waals surface area contributed by atoms with Gasteiger partial charge in [0, 0.05) is 12.2 Å². The molecule has 7 heteroatoms. The van der Waals surface area contributed by atoms with Crippen LogP contribution in [-0.2, 0) is 11.3 Å². The molecule has 31 heavy (non-hydrogen) atoms. The Morgan fingerprint density at radius 1 is 1.06 bits per heavy atom. The number of benzene rings is 3. The lowest BCUT2D eigenvalue weighted by Gasteiger charge is -2.38. The maximum absolute atomic E-state index is 13.4. The molecule has 5 rings (SSSR count). The van der Waals surface area contributed by atoms with Gasteiger partial charge in [-0.15, -0.1) is 0 Å². The molecular weight excluding hydrogens is 396 g/mol. The van der Waals surface area contributed by atoms with Crippen LogP contribution in [0.15, 0.2) is 66.7 Å². The number of hydrogen-bond donors (Lipinski definition) is 1. The number of carbonyl (C=O) groups is 2. The first-order valence-corrected chi connectivity index (χ1v) is 9.87. The molecule has 0 saturated carbocycles. The van der Waals surface area contributed by atoms with Gasteiger partial charge in [0.1, 0.15) is 6.17 Å². The highest BCUT2D eigenvalue weighted by Gasteiger charge is 2.33. The van der Waals surface area contributed by atoms with Gasteiger partial charge >= 0.3 is 5.97 Å². The Morgan fingerprint density at radius 3 is 2.65 bits per heavy atom. The molecule has 2 aliphatic heterocycles. The minimum absolute atomic E-state index is 0.0749. The van der Waals surface area contributed by atoms with Crippen LogP contribution in [0.3, 0.4) is 0 Å². The smallest absolute Gasteiger partial charge is 0.337 e. The molecule has 3 aromatic rings. The Balaban J connectivity index is 1.51. The van der Waals surface area contributed by atoms with Crippen LogP contribution in [0.1, 0.15) is 38.0 Å². The molecule has 0 bridgehead atoms. The van der Waals surface area contributed by atoms with Crippen molar-refractivity contribution in [3.8, 4) is 11.5 Å². The van der Waals surface area contributed by atoms with E-state index in [2.05, 4.69) is 5.32 Å². The number of rotatable bonds is 4. The van der Waals surface area contributed by atoms with Gasteiger partial charge in [-0.05, 0) is 47.5 Å². The summed E-state index contributed by atoms with van der Waals surface area (Å²) in [6, 6.07) is 20.2. The molecule has 1 amide bonds. The van der Waals surface area contributed by atoms with Crippen LogP contribution >= 0.6 is 0 Å². The van der Waals surface area contributed by atoms with Crippen LogP contribution in [0.4, 0.5) is 5.69 Å². The average Bonchev–Trinajstić information content (AvgIpc) is 3.28. The van der Waals surface area contributed by atoms with Crippen molar-refractivity contribution in [2.24, 2.45) is 0 Å². The predicted molar refractivity (Wildman–Crippen MR) is 113 cm³/mol. The summed E-state index contributed by atoms with van der Waals surface area (Å²) in [4.78, 5) is 27.0. The fourth-order valence-electron chi connectivity index (χ4n) is 3.87. The van der Waals surface area contributed by atoms with E-state index in [0.29, 0.717) is 29.2 Å². The zero-order valence-corrected chi connectivity index (χ0v) is 16.8. The molecule has 0 radical (unpaired) electrons. The number of carbonyl (C=O) groups excluding carboxylic acids is 2. The number of amides is 1. The van der Waals surface area contributed by atoms with Gasteiger partial charge in [-0.25, -0.2) is 4.79 Å². The maximum atomic E-state index is 13.4. The fraction of sp³-hybridized carbons (Fsp3) is 0.167. The number of fused-ring (bicyclic) bond motifs is 2. The molecule has 0 spiro atoms. The quantitative estimate of drug-likeness (QED) is 0.649. The molecule has 7 nitrogen and oxygen atoms in total. The van der Waals surface area contributed by atoms with Gasteiger partial charge in [0.25, 0.3) is 5.91 Å². The van der Waals surface area contributed by atoms with Crippen LogP contribution in [0.25, 0.3) is 0 Å². The number of ether oxygens (including phenoxy) is 3. The summed E-state index contributed by atoms with van der Waals surface area (Å²) in [7, 11) is 1.35. The third-order valence-electron chi connectivity index (χ3n) is 5.46. The highest BCUT2D eigenvalue weighted by molar-refractivity contribution is 6.01. The summed E-state index contributed by atoms with van der Waals surface area (Å²) in [5.41, 5.74) is 3.63. The first kappa shape index (κ1) is 19.0. The molecule has 3 aromatic carbocycles. The number of hydrogen-bond acceptors (Lipinski definition) is 6. The molecule has 0 saturated heterocycles. The van der Waals surface area contributed by atoms with Gasteiger partial charge in [0.05, 0.1) is 18.2 Å². The van der Waals surface area contributed by atoms with Crippen LogP contribution in [0.2, 0.25) is 0 Å². The van der Waals surface area contributed by atoms with Crippen molar-refractivity contribution < 1.29 is 23.8 Å². The van der Waals surface area contributed by atoms with Gasteiger partial charge in [-0.1, -0.05) is 30.3 Å². The number of anilines is 1. The normalized spacial score (nSPS) is 16.5. The van der Waals surface area contributed by atoms with Gasteiger partial charge < -0.3 is 24.4 Å². The molecule has 0 aliphatic carbocycles. The SMILES string of the molecule is COC(=O)c1ccc([C@@H]2Nc3ccccc3C(=O)N2Cc2ccc3c(c2)OCO3)cc1. The van der Waals surface area contributed by atoms with Gasteiger partial charge in [0.2, 0.25) is 6.79 Å². The number of esters is 1. The van der Waals surface area contributed by atoms with Gasteiger partial charge in [0.15, 0.2) is 11.5 Å². The van der Waals surface area contributed by atoms with Crippen molar-refractivity contribution >= 4 is 17.6 Å². The minimum atomic E-state index is -0.403. The Morgan fingerprint density at radius 2 is 1.84 bits per heavy atom. The molecule has 0 unspecified atom stereocenters. The van der Waals surface area contributed by atoms with E-state index >= 15 is 0 Å². The molecular formula is C24H20N2O5. The van der Waals surface area contributed by atoms with E-state index in [0.717, 1.165) is 16.8 Å². The number of para-hydroxylation sites is 1. The van der Waals surface area contributed by atoms with E-state index in [9.17, 15) is 9.59 Å². The zero-order chi connectivity index (χ0) is 21.4. The molecule has 0 aromatic heterocycles. The van der Waals surface area contributed by atoms with Crippen LogP contribution in [0, 0.1) is 0 Å². The average molecular weight is 416 g/mol. The van der Waals surface area contributed by atoms with E-state index in [-0.39, 0.29) is 12.7 Å². The van der Waals surface area contributed by atoms with Crippen molar-refractivity contribution in [2.75, 3.05) is 19.2 Å². The highest BCUT2D eigenvalue weighted by atomic mass is 16.7. The van der Waals surface area contributed by atoms with Crippen molar-refractivity contribution in [3.05, 3.63) is 89.0 Å². The van der Waals surface area contributed by atoms with E-state index in [1.54, 1.807) is 17.0 Å². The second kappa shape index (κ2) is 7.68. The summed E-state index contributed by atoms with van der Waals surface area (Å²) in [5, 5.41) is 3.46. The third-order valence-corrected chi connectivity index (χ3v) is 5.46. The summed E-state index contributed by atoms with van der Waals surface area (Å²) in [6.07, 6.45) is -0.403.